The summed E-state index contributed by atoms with van der Waals surface area (Å²) >= 11 is 1.84. The molecular weight excluding hydrogens is 242 g/mol. The molecule has 2 fully saturated rings. The van der Waals surface area contributed by atoms with Crippen LogP contribution in [0.2, 0.25) is 0 Å². The van der Waals surface area contributed by atoms with Gasteiger partial charge in [-0.1, -0.05) is 6.92 Å². The van der Waals surface area contributed by atoms with Gasteiger partial charge < -0.3 is 10.6 Å². The zero-order valence-electron chi connectivity index (χ0n) is 11.4. The first kappa shape index (κ1) is 12.4. The van der Waals surface area contributed by atoms with Gasteiger partial charge in [-0.25, -0.2) is 4.98 Å². The minimum absolute atomic E-state index is 0.638. The fourth-order valence-electron chi connectivity index (χ4n) is 3.10. The molecule has 0 bridgehead atoms. The molecule has 2 heterocycles. The fraction of sp³-hybridized carbons (Fsp3) is 0.786. The van der Waals surface area contributed by atoms with Gasteiger partial charge in [0.2, 0.25) is 0 Å². The highest BCUT2D eigenvalue weighted by Gasteiger charge is 2.34. The molecule has 1 saturated heterocycles. The standard InChI is InChI=1S/C14H23N3S/c1-3-11-7-4-9(2)17(11)14-16-13(10-5-6-10)12(8-15)18-14/h9-11H,3-8,15H2,1-2H3. The third-order valence-electron chi connectivity index (χ3n) is 4.34. The molecule has 1 aromatic rings. The van der Waals surface area contributed by atoms with Crippen LogP contribution in [-0.4, -0.2) is 17.1 Å². The minimum Gasteiger partial charge on any atom is -0.342 e. The van der Waals surface area contributed by atoms with E-state index in [0.29, 0.717) is 24.5 Å². The maximum absolute atomic E-state index is 5.88. The van der Waals surface area contributed by atoms with Crippen molar-refractivity contribution in [2.45, 2.75) is 70.5 Å². The molecule has 100 valence electrons. The van der Waals surface area contributed by atoms with E-state index in [4.69, 9.17) is 10.7 Å². The van der Waals surface area contributed by atoms with Crippen LogP contribution in [0.1, 0.15) is 62.4 Å². The monoisotopic (exact) mass is 265 g/mol. The first-order valence-electron chi connectivity index (χ1n) is 7.22. The molecule has 4 heteroatoms. The predicted octanol–water partition coefficient (Wildman–Crippen LogP) is 3.25. The molecule has 1 aromatic heterocycles. The lowest BCUT2D eigenvalue weighted by Gasteiger charge is -2.27. The number of rotatable bonds is 4. The highest BCUT2D eigenvalue weighted by Crippen LogP contribution is 2.45. The Morgan fingerprint density at radius 2 is 2.11 bits per heavy atom. The number of thiazole rings is 1. The molecule has 0 radical (unpaired) electrons. The zero-order chi connectivity index (χ0) is 12.7. The van der Waals surface area contributed by atoms with Crippen molar-refractivity contribution >= 4 is 16.5 Å². The van der Waals surface area contributed by atoms with Crippen molar-refractivity contribution in [1.82, 2.24) is 4.98 Å². The Kier molecular flexibility index (Phi) is 3.32. The van der Waals surface area contributed by atoms with Gasteiger partial charge >= 0.3 is 0 Å². The number of nitrogens with two attached hydrogens (primary N) is 1. The Balaban J connectivity index is 1.90. The van der Waals surface area contributed by atoms with Crippen molar-refractivity contribution in [3.05, 3.63) is 10.6 Å². The maximum Gasteiger partial charge on any atom is 0.186 e. The number of aromatic nitrogens is 1. The predicted molar refractivity (Wildman–Crippen MR) is 77.2 cm³/mol. The van der Waals surface area contributed by atoms with Gasteiger partial charge in [0.05, 0.1) is 5.69 Å². The molecule has 2 N–H and O–H groups in total. The normalized spacial score (nSPS) is 28.1. The van der Waals surface area contributed by atoms with Crippen LogP contribution in [0.3, 0.4) is 0 Å². The van der Waals surface area contributed by atoms with Crippen LogP contribution in [0.4, 0.5) is 5.13 Å². The number of hydrogen-bond donors (Lipinski definition) is 1. The van der Waals surface area contributed by atoms with Crippen LogP contribution in [0, 0.1) is 0 Å². The molecule has 1 aliphatic carbocycles. The summed E-state index contributed by atoms with van der Waals surface area (Å²) in [5.41, 5.74) is 7.19. The van der Waals surface area contributed by atoms with Crippen LogP contribution in [0.25, 0.3) is 0 Å². The van der Waals surface area contributed by atoms with E-state index >= 15 is 0 Å². The molecule has 0 spiro atoms. The maximum atomic E-state index is 5.88. The van der Waals surface area contributed by atoms with Crippen LogP contribution < -0.4 is 10.6 Å². The summed E-state index contributed by atoms with van der Waals surface area (Å²) in [6, 6.07) is 1.32. The van der Waals surface area contributed by atoms with E-state index in [0.717, 1.165) is 0 Å². The molecular formula is C14H23N3S. The van der Waals surface area contributed by atoms with Gasteiger partial charge in [0, 0.05) is 29.4 Å². The summed E-state index contributed by atoms with van der Waals surface area (Å²) in [6.07, 6.45) is 6.45. The quantitative estimate of drug-likeness (QED) is 0.908. The van der Waals surface area contributed by atoms with Crippen molar-refractivity contribution < 1.29 is 0 Å². The van der Waals surface area contributed by atoms with Gasteiger partial charge in [0.1, 0.15) is 0 Å². The van der Waals surface area contributed by atoms with Gasteiger partial charge in [0.15, 0.2) is 5.13 Å². The van der Waals surface area contributed by atoms with E-state index in [1.54, 1.807) is 0 Å². The Morgan fingerprint density at radius 3 is 2.72 bits per heavy atom. The molecule has 2 unspecified atom stereocenters. The zero-order valence-corrected chi connectivity index (χ0v) is 12.2. The number of hydrogen-bond acceptors (Lipinski definition) is 4. The van der Waals surface area contributed by atoms with E-state index in [1.807, 2.05) is 11.3 Å². The third kappa shape index (κ3) is 2.05. The molecule has 3 rings (SSSR count). The highest BCUT2D eigenvalue weighted by atomic mass is 32.1. The topological polar surface area (TPSA) is 42.2 Å². The molecule has 0 aromatic carbocycles. The number of anilines is 1. The van der Waals surface area contributed by atoms with Crippen LogP contribution in [0.15, 0.2) is 0 Å². The van der Waals surface area contributed by atoms with Gasteiger partial charge in [-0.2, -0.15) is 0 Å². The fourth-order valence-corrected chi connectivity index (χ4v) is 4.30. The summed E-state index contributed by atoms with van der Waals surface area (Å²) in [6.45, 7) is 5.27. The van der Waals surface area contributed by atoms with Crippen molar-refractivity contribution in [3.63, 3.8) is 0 Å². The first-order valence-corrected chi connectivity index (χ1v) is 8.04. The van der Waals surface area contributed by atoms with E-state index in [1.165, 1.54) is 47.8 Å². The van der Waals surface area contributed by atoms with Gasteiger partial charge in [0.25, 0.3) is 0 Å². The van der Waals surface area contributed by atoms with Gasteiger partial charge in [-0.15, -0.1) is 11.3 Å². The minimum atomic E-state index is 0.638. The molecule has 1 aliphatic heterocycles. The lowest BCUT2D eigenvalue weighted by Crippen LogP contribution is -2.33. The van der Waals surface area contributed by atoms with E-state index in [9.17, 15) is 0 Å². The van der Waals surface area contributed by atoms with Crippen molar-refractivity contribution in [2.24, 2.45) is 5.73 Å². The van der Waals surface area contributed by atoms with Gasteiger partial charge in [-0.3, -0.25) is 0 Å². The Labute approximate surface area is 113 Å². The Morgan fingerprint density at radius 1 is 1.33 bits per heavy atom. The summed E-state index contributed by atoms with van der Waals surface area (Å²) in [5.74, 6) is 0.714. The van der Waals surface area contributed by atoms with Crippen LogP contribution in [0.5, 0.6) is 0 Å². The second-order valence-corrected chi connectivity index (χ2v) is 6.74. The average molecular weight is 265 g/mol. The Bertz CT molecular complexity index is 425. The second-order valence-electron chi connectivity index (χ2n) is 5.68. The number of nitrogens with zero attached hydrogens (tertiary/aromatic N) is 2. The average Bonchev–Trinajstić information content (AvgIpc) is 3.03. The van der Waals surface area contributed by atoms with Crippen molar-refractivity contribution in [3.8, 4) is 0 Å². The highest BCUT2D eigenvalue weighted by molar-refractivity contribution is 7.15. The SMILES string of the molecule is CCC1CCC(C)N1c1nc(C2CC2)c(CN)s1. The first-order chi connectivity index (χ1) is 8.74. The van der Waals surface area contributed by atoms with Crippen LogP contribution in [-0.2, 0) is 6.54 Å². The van der Waals surface area contributed by atoms with E-state index < -0.39 is 0 Å². The van der Waals surface area contributed by atoms with Crippen molar-refractivity contribution in [2.75, 3.05) is 4.90 Å². The molecule has 3 nitrogen and oxygen atoms in total. The van der Waals surface area contributed by atoms with E-state index in [-0.39, 0.29) is 0 Å². The van der Waals surface area contributed by atoms with Crippen molar-refractivity contribution in [1.29, 1.82) is 0 Å². The third-order valence-corrected chi connectivity index (χ3v) is 5.45. The molecule has 1 saturated carbocycles. The van der Waals surface area contributed by atoms with E-state index in [2.05, 4.69) is 18.7 Å². The summed E-state index contributed by atoms with van der Waals surface area (Å²) < 4.78 is 0. The lowest BCUT2D eigenvalue weighted by molar-refractivity contribution is 0.625. The molecule has 18 heavy (non-hydrogen) atoms. The molecule has 2 atom stereocenters. The summed E-state index contributed by atoms with van der Waals surface area (Å²) in [5, 5.41) is 1.23. The summed E-state index contributed by atoms with van der Waals surface area (Å²) in [4.78, 5) is 8.81. The molecule has 0 amide bonds. The smallest absolute Gasteiger partial charge is 0.186 e. The Hall–Kier alpha value is -0.610. The molecule has 2 aliphatic rings. The second kappa shape index (κ2) is 4.82. The summed E-state index contributed by atoms with van der Waals surface area (Å²) in [7, 11) is 0. The van der Waals surface area contributed by atoms with Gasteiger partial charge in [-0.05, 0) is 39.0 Å². The largest absolute Gasteiger partial charge is 0.342 e. The van der Waals surface area contributed by atoms with Crippen LogP contribution >= 0.6 is 11.3 Å². The lowest BCUT2D eigenvalue weighted by atomic mass is 10.2.